The van der Waals surface area contributed by atoms with Crippen LogP contribution < -0.4 is 0 Å². The molecule has 0 aliphatic carbocycles. The molecule has 4 heteroatoms. The molecule has 0 spiro atoms. The zero-order valence-electron chi connectivity index (χ0n) is 12.7. The number of likely N-dealkylation sites (N-methyl/N-ethyl adjacent to an activating group) is 1. The number of aromatic nitrogens is 1. The van der Waals surface area contributed by atoms with Gasteiger partial charge in [0.2, 0.25) is 5.91 Å². The molecule has 4 nitrogen and oxygen atoms in total. The molecule has 1 heterocycles. The molecule has 19 heavy (non-hydrogen) atoms. The molecule has 0 N–H and O–H groups in total. The molecule has 0 aliphatic rings. The van der Waals surface area contributed by atoms with Gasteiger partial charge in [0.15, 0.2) is 0 Å². The molecule has 106 valence electrons. The largest absolute Gasteiger partial charge is 0.337 e. The standard InChI is InChI=1S/C15H25N3O/c1-15(2,3)14(19)18(10-9-17(4)5)12-13-7-6-8-16-11-13/h6-8,11H,9-10,12H2,1-5H3. The summed E-state index contributed by atoms with van der Waals surface area (Å²) < 4.78 is 0. The van der Waals surface area contributed by atoms with Crippen LogP contribution in [0, 0.1) is 5.41 Å². The van der Waals surface area contributed by atoms with Crippen molar-refractivity contribution in [3.63, 3.8) is 0 Å². The fraction of sp³-hybridized carbons (Fsp3) is 0.600. The van der Waals surface area contributed by atoms with Gasteiger partial charge in [0.1, 0.15) is 0 Å². The minimum absolute atomic E-state index is 0.179. The minimum Gasteiger partial charge on any atom is -0.337 e. The molecule has 0 fully saturated rings. The quantitative estimate of drug-likeness (QED) is 0.815. The monoisotopic (exact) mass is 263 g/mol. The first-order chi connectivity index (χ1) is 8.80. The first kappa shape index (κ1) is 15.6. The summed E-state index contributed by atoms with van der Waals surface area (Å²) in [6, 6.07) is 3.91. The van der Waals surface area contributed by atoms with Gasteiger partial charge in [-0.2, -0.15) is 0 Å². The third-order valence-corrected chi connectivity index (χ3v) is 2.84. The van der Waals surface area contributed by atoms with Crippen molar-refractivity contribution in [3.05, 3.63) is 30.1 Å². The summed E-state index contributed by atoms with van der Waals surface area (Å²) in [5, 5.41) is 0. The van der Waals surface area contributed by atoms with Gasteiger partial charge in [0, 0.05) is 37.4 Å². The molecule has 1 amide bonds. The van der Waals surface area contributed by atoms with E-state index in [9.17, 15) is 4.79 Å². The topological polar surface area (TPSA) is 36.4 Å². The molecule has 0 aromatic carbocycles. The van der Waals surface area contributed by atoms with Gasteiger partial charge in [0.25, 0.3) is 0 Å². The lowest BCUT2D eigenvalue weighted by molar-refractivity contribution is -0.140. The van der Waals surface area contributed by atoms with Crippen LogP contribution in [0.25, 0.3) is 0 Å². The Kier molecular flexibility index (Phi) is 5.48. The Morgan fingerprint density at radius 3 is 2.42 bits per heavy atom. The number of pyridine rings is 1. The molecular weight excluding hydrogens is 238 g/mol. The smallest absolute Gasteiger partial charge is 0.228 e. The number of rotatable bonds is 5. The van der Waals surface area contributed by atoms with Gasteiger partial charge in [-0.3, -0.25) is 9.78 Å². The van der Waals surface area contributed by atoms with Gasteiger partial charge in [-0.25, -0.2) is 0 Å². The molecule has 0 unspecified atom stereocenters. The van der Waals surface area contributed by atoms with Crippen LogP contribution >= 0.6 is 0 Å². The summed E-state index contributed by atoms with van der Waals surface area (Å²) in [5.41, 5.74) is 0.716. The highest BCUT2D eigenvalue weighted by atomic mass is 16.2. The SMILES string of the molecule is CN(C)CCN(Cc1cccnc1)C(=O)C(C)(C)C. The fourth-order valence-corrected chi connectivity index (χ4v) is 1.76. The van der Waals surface area contributed by atoms with Gasteiger partial charge in [0.05, 0.1) is 0 Å². The fourth-order valence-electron chi connectivity index (χ4n) is 1.76. The van der Waals surface area contributed by atoms with Gasteiger partial charge in [-0.1, -0.05) is 26.8 Å². The molecule has 0 saturated carbocycles. The van der Waals surface area contributed by atoms with Crippen LogP contribution in [0.4, 0.5) is 0 Å². The van der Waals surface area contributed by atoms with Crippen molar-refractivity contribution in [3.8, 4) is 0 Å². The molecule has 0 aliphatic heterocycles. The maximum Gasteiger partial charge on any atom is 0.228 e. The summed E-state index contributed by atoms with van der Waals surface area (Å²) in [6.07, 6.45) is 3.57. The molecule has 0 radical (unpaired) electrons. The molecule has 0 atom stereocenters. The Bertz CT molecular complexity index is 396. The van der Waals surface area contributed by atoms with E-state index in [1.54, 1.807) is 6.20 Å². The van der Waals surface area contributed by atoms with Crippen LogP contribution in [0.15, 0.2) is 24.5 Å². The Hall–Kier alpha value is -1.42. The Morgan fingerprint density at radius 2 is 1.95 bits per heavy atom. The van der Waals surface area contributed by atoms with Crippen LogP contribution in [0.2, 0.25) is 0 Å². The van der Waals surface area contributed by atoms with Gasteiger partial charge < -0.3 is 9.80 Å². The van der Waals surface area contributed by atoms with E-state index in [4.69, 9.17) is 0 Å². The van der Waals surface area contributed by atoms with Crippen molar-refractivity contribution < 1.29 is 4.79 Å². The normalized spacial score (nSPS) is 11.7. The van der Waals surface area contributed by atoms with E-state index in [2.05, 4.69) is 9.88 Å². The van der Waals surface area contributed by atoms with Crippen molar-refractivity contribution in [1.29, 1.82) is 0 Å². The lowest BCUT2D eigenvalue weighted by Gasteiger charge is -2.30. The third kappa shape index (κ3) is 5.39. The Labute approximate surface area is 116 Å². The van der Waals surface area contributed by atoms with Crippen LogP contribution in [-0.2, 0) is 11.3 Å². The zero-order valence-corrected chi connectivity index (χ0v) is 12.7. The third-order valence-electron chi connectivity index (χ3n) is 2.84. The lowest BCUT2D eigenvalue weighted by atomic mass is 9.94. The maximum atomic E-state index is 12.5. The highest BCUT2D eigenvalue weighted by Gasteiger charge is 2.27. The predicted molar refractivity (Wildman–Crippen MR) is 77.7 cm³/mol. The Morgan fingerprint density at radius 1 is 1.26 bits per heavy atom. The average Bonchev–Trinajstić information content (AvgIpc) is 2.33. The van der Waals surface area contributed by atoms with E-state index in [1.165, 1.54) is 0 Å². The van der Waals surface area contributed by atoms with Crippen molar-refractivity contribution in [2.45, 2.75) is 27.3 Å². The average molecular weight is 263 g/mol. The van der Waals surface area contributed by atoms with Gasteiger partial charge in [-0.15, -0.1) is 0 Å². The second-order valence-corrected chi connectivity index (χ2v) is 6.14. The number of hydrogen-bond acceptors (Lipinski definition) is 3. The van der Waals surface area contributed by atoms with E-state index >= 15 is 0 Å². The van der Waals surface area contributed by atoms with Crippen LogP contribution in [0.1, 0.15) is 26.3 Å². The lowest BCUT2D eigenvalue weighted by Crippen LogP contribution is -2.42. The molecule has 0 saturated heterocycles. The zero-order chi connectivity index (χ0) is 14.5. The minimum atomic E-state index is -0.353. The van der Waals surface area contributed by atoms with E-state index < -0.39 is 0 Å². The summed E-state index contributed by atoms with van der Waals surface area (Å²) >= 11 is 0. The summed E-state index contributed by atoms with van der Waals surface area (Å²) in [6.45, 7) is 8.10. The second-order valence-electron chi connectivity index (χ2n) is 6.14. The molecular formula is C15H25N3O. The highest BCUT2D eigenvalue weighted by molar-refractivity contribution is 5.81. The predicted octanol–water partition coefficient (Wildman–Crippen LogP) is 2.02. The van der Waals surface area contributed by atoms with Crippen molar-refractivity contribution >= 4 is 5.91 Å². The second kappa shape index (κ2) is 6.66. The number of carbonyl (C=O) groups excluding carboxylic acids is 1. The molecule has 0 bridgehead atoms. The number of amides is 1. The summed E-state index contributed by atoms with van der Waals surface area (Å²) in [4.78, 5) is 20.6. The maximum absolute atomic E-state index is 12.5. The first-order valence-electron chi connectivity index (χ1n) is 6.63. The van der Waals surface area contributed by atoms with Crippen molar-refractivity contribution in [2.75, 3.05) is 27.2 Å². The van der Waals surface area contributed by atoms with Crippen molar-refractivity contribution in [2.24, 2.45) is 5.41 Å². The number of hydrogen-bond donors (Lipinski definition) is 0. The van der Waals surface area contributed by atoms with Gasteiger partial charge >= 0.3 is 0 Å². The van der Waals surface area contributed by atoms with Crippen LogP contribution in [-0.4, -0.2) is 47.9 Å². The molecule has 1 aromatic rings. The molecule has 1 rings (SSSR count). The van der Waals surface area contributed by atoms with Gasteiger partial charge in [-0.05, 0) is 25.7 Å². The van der Waals surface area contributed by atoms with E-state index in [0.717, 1.165) is 18.7 Å². The Balaban J connectivity index is 2.78. The number of carbonyl (C=O) groups is 1. The van der Waals surface area contributed by atoms with E-state index in [-0.39, 0.29) is 11.3 Å². The molecule has 1 aromatic heterocycles. The van der Waals surface area contributed by atoms with Crippen molar-refractivity contribution in [1.82, 2.24) is 14.8 Å². The summed E-state index contributed by atoms with van der Waals surface area (Å²) in [5.74, 6) is 0.179. The van der Waals surface area contributed by atoms with Crippen LogP contribution in [0.3, 0.4) is 0 Å². The van der Waals surface area contributed by atoms with Crippen LogP contribution in [0.5, 0.6) is 0 Å². The summed E-state index contributed by atoms with van der Waals surface area (Å²) in [7, 11) is 4.04. The first-order valence-corrected chi connectivity index (χ1v) is 6.63. The highest BCUT2D eigenvalue weighted by Crippen LogP contribution is 2.19. The number of nitrogens with zero attached hydrogens (tertiary/aromatic N) is 3. The van der Waals surface area contributed by atoms with E-state index in [0.29, 0.717) is 6.54 Å². The van der Waals surface area contributed by atoms with E-state index in [1.807, 2.05) is 58.1 Å².